The predicted molar refractivity (Wildman–Crippen MR) is 76.0 cm³/mol. The molecule has 0 aliphatic carbocycles. The second-order valence-corrected chi connectivity index (χ2v) is 3.63. The van der Waals surface area contributed by atoms with Gasteiger partial charge in [-0.25, -0.2) is 0 Å². The molecule has 0 amide bonds. The van der Waals surface area contributed by atoms with E-state index in [1.54, 1.807) is 0 Å². The zero-order chi connectivity index (χ0) is 11.2. The molecule has 0 bridgehead atoms. The van der Waals surface area contributed by atoms with E-state index in [0.717, 1.165) is 11.3 Å². The third-order valence-electron chi connectivity index (χ3n) is 2.38. The third-order valence-corrected chi connectivity index (χ3v) is 2.38. The zero-order valence-electron chi connectivity index (χ0n) is 10.0. The normalized spacial score (nSPS) is 8.94. The lowest BCUT2D eigenvalue weighted by Crippen LogP contribution is -1.98. The van der Waals surface area contributed by atoms with E-state index in [4.69, 9.17) is 10.5 Å². The second-order valence-electron chi connectivity index (χ2n) is 3.63. The summed E-state index contributed by atoms with van der Waals surface area (Å²) in [5.41, 5.74) is 7.83. The van der Waals surface area contributed by atoms with Crippen LogP contribution < -0.4 is 10.5 Å². The molecule has 0 unspecified atom stereocenters. The fraction of sp³-hybridized carbons (Fsp3) is 0.143. The van der Waals surface area contributed by atoms with Gasteiger partial charge in [-0.15, -0.1) is 12.4 Å². The van der Waals surface area contributed by atoms with Crippen LogP contribution >= 0.6 is 12.4 Å². The summed E-state index contributed by atoms with van der Waals surface area (Å²) in [7, 11) is 0. The van der Waals surface area contributed by atoms with Crippen molar-refractivity contribution >= 4 is 12.4 Å². The van der Waals surface area contributed by atoms with Crippen molar-refractivity contribution in [1.29, 1.82) is 0 Å². The van der Waals surface area contributed by atoms with E-state index in [-0.39, 0.29) is 17.9 Å². The quantitative estimate of drug-likeness (QED) is 0.924. The highest BCUT2D eigenvalue weighted by atomic mass is 35.5. The summed E-state index contributed by atoms with van der Waals surface area (Å²) in [4.78, 5) is 0. The minimum Gasteiger partial charge on any atom is -0.489 e. The minimum atomic E-state index is 0. The topological polar surface area (TPSA) is 66.8 Å². The van der Waals surface area contributed by atoms with Gasteiger partial charge in [-0.05, 0) is 23.3 Å². The molecule has 0 aliphatic heterocycles. The van der Waals surface area contributed by atoms with Crippen LogP contribution in [-0.4, -0.2) is 5.48 Å². The molecule has 0 aromatic heterocycles. The fourth-order valence-electron chi connectivity index (χ4n) is 1.50. The Morgan fingerprint density at radius 2 is 1.56 bits per heavy atom. The molecule has 0 atom stereocenters. The highest BCUT2D eigenvalue weighted by Crippen LogP contribution is 2.14. The number of halogens is 1. The Morgan fingerprint density at radius 3 is 2.22 bits per heavy atom. The first-order chi connectivity index (χ1) is 7.88. The molecule has 2 aromatic rings. The molecule has 18 heavy (non-hydrogen) atoms. The van der Waals surface area contributed by atoms with Crippen molar-refractivity contribution in [3.8, 4) is 5.75 Å². The maximum absolute atomic E-state index is 5.68. The van der Waals surface area contributed by atoms with Crippen LogP contribution in [-0.2, 0) is 13.2 Å². The van der Waals surface area contributed by atoms with E-state index in [1.807, 2.05) is 54.6 Å². The highest BCUT2D eigenvalue weighted by molar-refractivity contribution is 5.85. The molecule has 0 spiro atoms. The summed E-state index contributed by atoms with van der Waals surface area (Å²) in [6.07, 6.45) is 0. The van der Waals surface area contributed by atoms with Crippen molar-refractivity contribution in [3.05, 3.63) is 65.7 Å². The van der Waals surface area contributed by atoms with Gasteiger partial charge in [0, 0.05) is 6.54 Å². The summed E-state index contributed by atoms with van der Waals surface area (Å²) in [5, 5.41) is 0. The monoisotopic (exact) mass is 267 g/mol. The van der Waals surface area contributed by atoms with Crippen molar-refractivity contribution in [2.75, 3.05) is 0 Å². The van der Waals surface area contributed by atoms with E-state index in [9.17, 15) is 0 Å². The van der Waals surface area contributed by atoms with Crippen LogP contribution in [0.5, 0.6) is 5.75 Å². The van der Waals surface area contributed by atoms with Crippen molar-refractivity contribution in [1.82, 2.24) is 0 Å². The predicted octanol–water partition coefficient (Wildman–Crippen LogP) is 2.32. The molecule has 3 nitrogen and oxygen atoms in total. The number of rotatable bonds is 4. The van der Waals surface area contributed by atoms with Crippen LogP contribution in [0.25, 0.3) is 0 Å². The standard InChI is InChI=1S/C14H15NO.ClH.H2O/c15-10-13-7-4-8-14(9-13)16-11-12-5-2-1-3-6-12;;/h1-9H,10-11,15H2;1H;1H2. The molecular weight excluding hydrogens is 250 g/mol. The minimum absolute atomic E-state index is 0. The SMILES string of the molecule is Cl.NCc1cccc(OCc2ccccc2)c1.O. The summed E-state index contributed by atoms with van der Waals surface area (Å²) in [6.45, 7) is 1.14. The van der Waals surface area contributed by atoms with Crippen molar-refractivity contribution in [2.45, 2.75) is 13.2 Å². The Bertz CT molecular complexity index is 449. The van der Waals surface area contributed by atoms with Crippen LogP contribution in [0, 0.1) is 0 Å². The third kappa shape index (κ3) is 4.75. The Labute approximate surface area is 113 Å². The summed E-state index contributed by atoms with van der Waals surface area (Å²) >= 11 is 0. The van der Waals surface area contributed by atoms with E-state index < -0.39 is 0 Å². The zero-order valence-corrected chi connectivity index (χ0v) is 10.8. The fourth-order valence-corrected chi connectivity index (χ4v) is 1.50. The maximum atomic E-state index is 5.68. The first kappa shape index (κ1) is 16.4. The van der Waals surface area contributed by atoms with E-state index in [0.29, 0.717) is 13.2 Å². The van der Waals surface area contributed by atoms with Gasteiger partial charge < -0.3 is 15.9 Å². The van der Waals surface area contributed by atoms with Gasteiger partial charge in [-0.3, -0.25) is 0 Å². The van der Waals surface area contributed by atoms with Gasteiger partial charge in [-0.2, -0.15) is 0 Å². The molecule has 2 aromatic carbocycles. The maximum Gasteiger partial charge on any atom is 0.120 e. The molecule has 0 heterocycles. The molecule has 98 valence electrons. The van der Waals surface area contributed by atoms with Crippen LogP contribution in [0.1, 0.15) is 11.1 Å². The molecule has 0 fully saturated rings. The van der Waals surface area contributed by atoms with Crippen LogP contribution in [0.4, 0.5) is 0 Å². The smallest absolute Gasteiger partial charge is 0.120 e. The highest BCUT2D eigenvalue weighted by Gasteiger charge is 1.96. The van der Waals surface area contributed by atoms with Gasteiger partial charge in [0.15, 0.2) is 0 Å². The van der Waals surface area contributed by atoms with Gasteiger partial charge in [0.25, 0.3) is 0 Å². The number of benzene rings is 2. The Kier molecular flexibility index (Phi) is 7.79. The lowest BCUT2D eigenvalue weighted by molar-refractivity contribution is 0.306. The van der Waals surface area contributed by atoms with E-state index >= 15 is 0 Å². The first-order valence-corrected chi connectivity index (χ1v) is 5.34. The van der Waals surface area contributed by atoms with Crippen molar-refractivity contribution in [2.24, 2.45) is 5.73 Å². The van der Waals surface area contributed by atoms with Crippen molar-refractivity contribution in [3.63, 3.8) is 0 Å². The van der Waals surface area contributed by atoms with Gasteiger partial charge in [-0.1, -0.05) is 42.5 Å². The summed E-state index contributed by atoms with van der Waals surface area (Å²) < 4.78 is 5.68. The Morgan fingerprint density at radius 1 is 0.889 bits per heavy atom. The number of hydrogen-bond acceptors (Lipinski definition) is 2. The molecule has 0 aliphatic rings. The van der Waals surface area contributed by atoms with Gasteiger partial charge >= 0.3 is 0 Å². The number of hydrogen-bond donors (Lipinski definition) is 1. The van der Waals surface area contributed by atoms with Crippen molar-refractivity contribution < 1.29 is 10.2 Å². The van der Waals surface area contributed by atoms with Crippen LogP contribution in [0.15, 0.2) is 54.6 Å². The van der Waals surface area contributed by atoms with E-state index in [2.05, 4.69) is 0 Å². The average Bonchev–Trinajstić information content (AvgIpc) is 2.38. The molecule has 0 saturated heterocycles. The first-order valence-electron chi connectivity index (χ1n) is 5.34. The second kappa shape index (κ2) is 8.53. The molecular formula is C14H18ClNO2. The van der Waals surface area contributed by atoms with Gasteiger partial charge in [0.2, 0.25) is 0 Å². The number of ether oxygens (including phenoxy) is 1. The Hall–Kier alpha value is -1.55. The average molecular weight is 268 g/mol. The molecule has 2 rings (SSSR count). The molecule has 4 heteroatoms. The van der Waals surface area contributed by atoms with E-state index in [1.165, 1.54) is 5.56 Å². The summed E-state index contributed by atoms with van der Waals surface area (Å²) in [5.74, 6) is 0.867. The number of nitrogens with two attached hydrogens (primary N) is 1. The molecule has 0 saturated carbocycles. The lowest BCUT2D eigenvalue weighted by Gasteiger charge is -2.07. The van der Waals surface area contributed by atoms with Crippen LogP contribution in [0.3, 0.4) is 0 Å². The Balaban J connectivity index is 0.00000144. The largest absolute Gasteiger partial charge is 0.489 e. The van der Waals surface area contributed by atoms with Crippen LogP contribution in [0.2, 0.25) is 0 Å². The van der Waals surface area contributed by atoms with Gasteiger partial charge in [0.1, 0.15) is 12.4 Å². The van der Waals surface area contributed by atoms with Gasteiger partial charge in [0.05, 0.1) is 0 Å². The summed E-state index contributed by atoms with van der Waals surface area (Å²) in [6, 6.07) is 18.0. The lowest BCUT2D eigenvalue weighted by atomic mass is 10.2. The molecule has 4 N–H and O–H groups in total. The molecule has 0 radical (unpaired) electrons.